The quantitative estimate of drug-likeness (QED) is 0.751. The second kappa shape index (κ2) is 6.63. The number of thiocarbonyl (C=S) groups is 1. The Morgan fingerprint density at radius 2 is 2.21 bits per heavy atom. The summed E-state index contributed by atoms with van der Waals surface area (Å²) in [5.74, 6) is 0.0983. The van der Waals surface area contributed by atoms with Gasteiger partial charge in [0, 0.05) is 33.1 Å². The highest BCUT2D eigenvalue weighted by Gasteiger charge is 2.32. The first kappa shape index (κ1) is 16.3. The van der Waals surface area contributed by atoms with Gasteiger partial charge in [0.15, 0.2) is 0 Å². The van der Waals surface area contributed by atoms with Crippen LogP contribution in [0.3, 0.4) is 0 Å². The largest absolute Gasteiger partial charge is 0.393 e. The number of likely N-dealkylation sites (N-methyl/N-ethyl adjacent to an activating group) is 1. The number of ether oxygens (including phenoxy) is 1. The average Bonchev–Trinajstić information content (AvgIpc) is 2.22. The maximum Gasteiger partial charge on any atom is 0.236 e. The number of rotatable bonds is 5. The zero-order chi connectivity index (χ0) is 14.6. The maximum absolute atomic E-state index is 12.1. The number of hydrogen-bond donors (Lipinski definition) is 1. The monoisotopic (exact) mass is 287 g/mol. The van der Waals surface area contributed by atoms with Gasteiger partial charge in [0.2, 0.25) is 5.91 Å². The van der Waals surface area contributed by atoms with Crippen molar-refractivity contribution in [2.75, 3.05) is 33.2 Å². The summed E-state index contributed by atoms with van der Waals surface area (Å²) in [5.41, 5.74) is 5.25. The predicted octanol–water partition coefficient (Wildman–Crippen LogP) is 0.620. The molecule has 0 saturated carbocycles. The number of amides is 1. The Morgan fingerprint density at radius 3 is 2.74 bits per heavy atom. The van der Waals surface area contributed by atoms with Gasteiger partial charge >= 0.3 is 0 Å². The second-order valence-corrected chi connectivity index (χ2v) is 6.41. The van der Waals surface area contributed by atoms with Gasteiger partial charge in [-0.05, 0) is 20.8 Å². The molecule has 1 aliphatic heterocycles. The van der Waals surface area contributed by atoms with E-state index in [4.69, 9.17) is 22.7 Å². The van der Waals surface area contributed by atoms with Crippen LogP contribution in [0.15, 0.2) is 0 Å². The summed E-state index contributed by atoms with van der Waals surface area (Å²) in [4.78, 5) is 16.4. The lowest BCUT2D eigenvalue weighted by atomic mass is 10.1. The van der Waals surface area contributed by atoms with Crippen LogP contribution >= 0.6 is 12.2 Å². The highest BCUT2D eigenvalue weighted by molar-refractivity contribution is 7.80. The minimum atomic E-state index is -0.199. The van der Waals surface area contributed by atoms with Gasteiger partial charge in [-0.25, -0.2) is 0 Å². The predicted molar refractivity (Wildman–Crippen MR) is 80.1 cm³/mol. The molecule has 1 atom stereocenters. The lowest BCUT2D eigenvalue weighted by molar-refractivity contribution is -0.144. The third kappa shape index (κ3) is 5.84. The smallest absolute Gasteiger partial charge is 0.236 e. The molecule has 1 fully saturated rings. The van der Waals surface area contributed by atoms with Crippen LogP contribution in [0.4, 0.5) is 0 Å². The molecule has 1 rings (SSSR count). The molecule has 1 heterocycles. The summed E-state index contributed by atoms with van der Waals surface area (Å²) in [7, 11) is 1.79. The first-order chi connectivity index (χ1) is 8.69. The van der Waals surface area contributed by atoms with Crippen LogP contribution in [0, 0.1) is 0 Å². The van der Waals surface area contributed by atoms with Crippen LogP contribution in [0.1, 0.15) is 27.2 Å². The molecular formula is C13H25N3O2S. The average molecular weight is 287 g/mol. The second-order valence-electron chi connectivity index (χ2n) is 5.89. The van der Waals surface area contributed by atoms with Gasteiger partial charge in [0.25, 0.3) is 0 Å². The Hall–Kier alpha value is -0.720. The molecule has 0 aromatic rings. The lowest BCUT2D eigenvalue weighted by Crippen LogP contribution is -2.54. The van der Waals surface area contributed by atoms with Crippen LogP contribution in [0.5, 0.6) is 0 Å². The van der Waals surface area contributed by atoms with Gasteiger partial charge in [-0.1, -0.05) is 12.2 Å². The normalized spacial score (nSPS) is 23.1. The Kier molecular flexibility index (Phi) is 5.70. The van der Waals surface area contributed by atoms with E-state index in [-0.39, 0.29) is 17.6 Å². The van der Waals surface area contributed by atoms with Gasteiger partial charge in [-0.15, -0.1) is 0 Å². The Bertz CT molecular complexity index is 347. The lowest BCUT2D eigenvalue weighted by Gasteiger charge is -2.41. The van der Waals surface area contributed by atoms with Gasteiger partial charge < -0.3 is 15.4 Å². The number of hydrogen-bond acceptors (Lipinski definition) is 4. The van der Waals surface area contributed by atoms with E-state index in [0.29, 0.717) is 24.5 Å². The van der Waals surface area contributed by atoms with E-state index >= 15 is 0 Å². The van der Waals surface area contributed by atoms with E-state index in [2.05, 4.69) is 18.7 Å². The van der Waals surface area contributed by atoms with E-state index in [1.165, 1.54) is 0 Å². The Morgan fingerprint density at radius 1 is 1.58 bits per heavy atom. The maximum atomic E-state index is 12.1. The van der Waals surface area contributed by atoms with E-state index < -0.39 is 0 Å². The minimum absolute atomic E-state index is 0.0983. The molecule has 1 unspecified atom stereocenters. The van der Waals surface area contributed by atoms with E-state index in [1.54, 1.807) is 11.9 Å². The van der Waals surface area contributed by atoms with E-state index in [1.807, 2.05) is 6.92 Å². The molecule has 110 valence electrons. The molecule has 0 bridgehead atoms. The summed E-state index contributed by atoms with van der Waals surface area (Å²) < 4.78 is 5.82. The molecule has 0 aliphatic carbocycles. The summed E-state index contributed by atoms with van der Waals surface area (Å²) in [5, 5.41) is 0. The molecule has 2 N–H and O–H groups in total. The first-order valence-corrected chi connectivity index (χ1v) is 7.03. The number of nitrogens with two attached hydrogens (primary N) is 1. The third-order valence-corrected chi connectivity index (χ3v) is 3.32. The number of morpholine rings is 1. The number of nitrogens with zero attached hydrogens (tertiary/aromatic N) is 2. The molecule has 6 heteroatoms. The van der Waals surface area contributed by atoms with Gasteiger partial charge in [0.05, 0.1) is 23.2 Å². The number of carbonyl (C=O) groups is 1. The molecule has 0 spiro atoms. The summed E-state index contributed by atoms with van der Waals surface area (Å²) >= 11 is 4.82. The molecular weight excluding hydrogens is 262 g/mol. The van der Waals surface area contributed by atoms with E-state index in [9.17, 15) is 4.79 Å². The highest BCUT2D eigenvalue weighted by atomic mass is 32.1. The molecule has 5 nitrogen and oxygen atoms in total. The van der Waals surface area contributed by atoms with Crippen molar-refractivity contribution in [3.63, 3.8) is 0 Å². The van der Waals surface area contributed by atoms with Crippen molar-refractivity contribution in [3.05, 3.63) is 0 Å². The van der Waals surface area contributed by atoms with Crippen molar-refractivity contribution < 1.29 is 9.53 Å². The van der Waals surface area contributed by atoms with Crippen molar-refractivity contribution in [2.45, 2.75) is 38.9 Å². The van der Waals surface area contributed by atoms with Gasteiger partial charge in [-0.2, -0.15) is 0 Å². The molecule has 0 radical (unpaired) electrons. The van der Waals surface area contributed by atoms with Crippen molar-refractivity contribution in [1.29, 1.82) is 0 Å². The van der Waals surface area contributed by atoms with Crippen molar-refractivity contribution in [2.24, 2.45) is 5.73 Å². The summed E-state index contributed by atoms with van der Waals surface area (Å²) in [6, 6.07) is 0. The highest BCUT2D eigenvalue weighted by Crippen LogP contribution is 2.20. The van der Waals surface area contributed by atoms with Crippen molar-refractivity contribution >= 4 is 23.1 Å². The number of carbonyl (C=O) groups excluding carboxylic acids is 1. The summed E-state index contributed by atoms with van der Waals surface area (Å²) in [6.07, 6.45) is 0.723. The fourth-order valence-electron chi connectivity index (χ4n) is 2.42. The molecule has 1 amide bonds. The zero-order valence-corrected chi connectivity index (χ0v) is 13.1. The molecule has 0 aromatic heterocycles. The molecule has 1 saturated heterocycles. The van der Waals surface area contributed by atoms with Crippen molar-refractivity contribution in [1.82, 2.24) is 9.80 Å². The fourth-order valence-corrected chi connectivity index (χ4v) is 2.51. The van der Waals surface area contributed by atoms with Crippen LogP contribution in [0.25, 0.3) is 0 Å². The SMILES string of the molecule is CC1CN(CC(=O)N(C)CCC(N)=S)CC(C)(C)O1. The fraction of sp³-hybridized carbons (Fsp3) is 0.846. The standard InChI is InChI=1S/C13H25N3O2S/c1-10-7-16(9-13(2,3)18-10)8-12(17)15(4)6-5-11(14)19/h10H,5-9H2,1-4H3,(H2,14,19). The van der Waals surface area contributed by atoms with Gasteiger partial charge in [0.1, 0.15) is 0 Å². The van der Waals surface area contributed by atoms with Crippen LogP contribution < -0.4 is 5.73 Å². The molecule has 1 aliphatic rings. The van der Waals surface area contributed by atoms with Crippen LogP contribution in [-0.2, 0) is 9.53 Å². The molecule has 0 aromatic carbocycles. The minimum Gasteiger partial charge on any atom is -0.393 e. The topological polar surface area (TPSA) is 58.8 Å². The van der Waals surface area contributed by atoms with Crippen LogP contribution in [0.2, 0.25) is 0 Å². The first-order valence-electron chi connectivity index (χ1n) is 6.62. The van der Waals surface area contributed by atoms with Gasteiger partial charge in [-0.3, -0.25) is 9.69 Å². The Balaban J connectivity index is 2.45. The van der Waals surface area contributed by atoms with E-state index in [0.717, 1.165) is 13.1 Å². The van der Waals surface area contributed by atoms with Crippen LogP contribution in [-0.4, -0.2) is 65.6 Å². The zero-order valence-electron chi connectivity index (χ0n) is 12.3. The summed E-state index contributed by atoms with van der Waals surface area (Å²) in [6.45, 7) is 8.70. The van der Waals surface area contributed by atoms with Crippen molar-refractivity contribution in [3.8, 4) is 0 Å². The molecule has 19 heavy (non-hydrogen) atoms. The Labute approximate surface area is 121 Å². The third-order valence-electron chi connectivity index (χ3n) is 3.12.